The Bertz CT molecular complexity index is 155. The monoisotopic (exact) mass is 218 g/mol. The lowest BCUT2D eigenvalue weighted by atomic mass is 10.5. The fourth-order valence-electron chi connectivity index (χ4n) is 0.956. The summed E-state index contributed by atoms with van der Waals surface area (Å²) >= 11 is 0. The second-order valence-corrected chi connectivity index (χ2v) is 3.06. The minimum atomic E-state index is -0.00279. The zero-order valence-electron chi connectivity index (χ0n) is 9.34. The minimum Gasteiger partial charge on any atom is -0.383 e. The van der Waals surface area contributed by atoms with Gasteiger partial charge < -0.3 is 26.4 Å². The summed E-state index contributed by atoms with van der Waals surface area (Å²) in [7, 11) is 1.66. The fourth-order valence-corrected chi connectivity index (χ4v) is 0.956. The van der Waals surface area contributed by atoms with Crippen LogP contribution in [0.15, 0.2) is 0 Å². The zero-order valence-corrected chi connectivity index (χ0v) is 9.34. The number of amides is 1. The highest BCUT2D eigenvalue weighted by Gasteiger charge is 1.97. The molecule has 0 spiro atoms. The number of methoxy groups -OCH3 is 1. The normalized spacial score (nSPS) is 10.3. The number of carbonyl (C=O) groups is 1. The Balaban J connectivity index is 3.10. The standard InChI is InChI=1S/C9H22N4O2/c1-15-7-6-11-4-5-13-9(14)8-12-3-2-10/h11-12H,2-8,10H2,1H3,(H,13,14). The minimum absolute atomic E-state index is 0.00279. The van der Waals surface area contributed by atoms with Crippen LogP contribution in [0.5, 0.6) is 0 Å². The molecule has 0 aliphatic carbocycles. The van der Waals surface area contributed by atoms with Crippen LogP contribution >= 0.6 is 0 Å². The van der Waals surface area contributed by atoms with Gasteiger partial charge >= 0.3 is 0 Å². The van der Waals surface area contributed by atoms with E-state index in [-0.39, 0.29) is 5.91 Å². The van der Waals surface area contributed by atoms with E-state index in [9.17, 15) is 4.79 Å². The van der Waals surface area contributed by atoms with Gasteiger partial charge in [-0.25, -0.2) is 0 Å². The van der Waals surface area contributed by atoms with Gasteiger partial charge in [0.25, 0.3) is 0 Å². The lowest BCUT2D eigenvalue weighted by Crippen LogP contribution is -2.39. The van der Waals surface area contributed by atoms with Crippen LogP contribution in [0.25, 0.3) is 0 Å². The predicted octanol–water partition coefficient (Wildman–Crippen LogP) is -2.11. The largest absolute Gasteiger partial charge is 0.383 e. The molecular formula is C9H22N4O2. The first-order valence-corrected chi connectivity index (χ1v) is 5.18. The van der Waals surface area contributed by atoms with Crippen LogP contribution in [0, 0.1) is 0 Å². The molecule has 6 heteroatoms. The van der Waals surface area contributed by atoms with Crippen LogP contribution in [-0.4, -0.2) is 58.9 Å². The molecular weight excluding hydrogens is 196 g/mol. The Morgan fingerprint density at radius 1 is 1.20 bits per heavy atom. The van der Waals surface area contributed by atoms with Crippen LogP contribution in [0.3, 0.4) is 0 Å². The van der Waals surface area contributed by atoms with Gasteiger partial charge in [0.2, 0.25) is 5.91 Å². The number of carbonyl (C=O) groups excluding carboxylic acids is 1. The summed E-state index contributed by atoms with van der Waals surface area (Å²) in [4.78, 5) is 11.1. The highest BCUT2D eigenvalue weighted by atomic mass is 16.5. The van der Waals surface area contributed by atoms with E-state index < -0.39 is 0 Å². The average molecular weight is 218 g/mol. The van der Waals surface area contributed by atoms with Crippen molar-refractivity contribution in [3.05, 3.63) is 0 Å². The first kappa shape index (κ1) is 14.3. The third-order valence-corrected chi connectivity index (χ3v) is 1.71. The van der Waals surface area contributed by atoms with Crippen molar-refractivity contribution >= 4 is 5.91 Å². The Kier molecular flexibility index (Phi) is 10.9. The van der Waals surface area contributed by atoms with Gasteiger partial charge in [0.05, 0.1) is 13.2 Å². The number of hydrogen-bond donors (Lipinski definition) is 4. The van der Waals surface area contributed by atoms with Crippen molar-refractivity contribution in [3.63, 3.8) is 0 Å². The second-order valence-electron chi connectivity index (χ2n) is 3.06. The maximum Gasteiger partial charge on any atom is 0.234 e. The molecule has 0 aliphatic rings. The Morgan fingerprint density at radius 2 is 2.00 bits per heavy atom. The lowest BCUT2D eigenvalue weighted by Gasteiger charge is -2.06. The van der Waals surface area contributed by atoms with E-state index in [2.05, 4.69) is 16.0 Å². The molecule has 0 heterocycles. The highest BCUT2D eigenvalue weighted by molar-refractivity contribution is 5.77. The number of rotatable bonds is 10. The lowest BCUT2D eigenvalue weighted by molar-refractivity contribution is -0.120. The van der Waals surface area contributed by atoms with Crippen molar-refractivity contribution in [1.29, 1.82) is 0 Å². The fraction of sp³-hybridized carbons (Fsp3) is 0.889. The van der Waals surface area contributed by atoms with Crippen LogP contribution in [0.1, 0.15) is 0 Å². The third kappa shape index (κ3) is 11.2. The van der Waals surface area contributed by atoms with Crippen molar-refractivity contribution in [3.8, 4) is 0 Å². The molecule has 0 saturated carbocycles. The molecule has 0 bridgehead atoms. The molecule has 0 atom stereocenters. The van der Waals surface area contributed by atoms with Gasteiger partial charge in [-0.2, -0.15) is 0 Å². The van der Waals surface area contributed by atoms with E-state index >= 15 is 0 Å². The summed E-state index contributed by atoms with van der Waals surface area (Å²) in [6.07, 6.45) is 0. The Hall–Kier alpha value is -0.690. The van der Waals surface area contributed by atoms with Gasteiger partial charge in [-0.15, -0.1) is 0 Å². The quantitative estimate of drug-likeness (QED) is 0.315. The smallest absolute Gasteiger partial charge is 0.234 e. The molecule has 0 fully saturated rings. The third-order valence-electron chi connectivity index (χ3n) is 1.71. The van der Waals surface area contributed by atoms with Gasteiger partial charge in [-0.05, 0) is 0 Å². The van der Waals surface area contributed by atoms with Gasteiger partial charge in [-0.1, -0.05) is 0 Å². The molecule has 0 aromatic carbocycles. The molecule has 0 unspecified atom stereocenters. The molecule has 90 valence electrons. The number of nitrogens with one attached hydrogen (secondary N) is 3. The van der Waals surface area contributed by atoms with Crippen molar-refractivity contribution in [2.75, 3.05) is 53.0 Å². The molecule has 1 amide bonds. The van der Waals surface area contributed by atoms with Crippen molar-refractivity contribution < 1.29 is 9.53 Å². The van der Waals surface area contributed by atoms with Crippen LogP contribution in [-0.2, 0) is 9.53 Å². The molecule has 0 radical (unpaired) electrons. The van der Waals surface area contributed by atoms with E-state index in [4.69, 9.17) is 10.5 Å². The summed E-state index contributed by atoms with van der Waals surface area (Å²) in [5.41, 5.74) is 5.27. The van der Waals surface area contributed by atoms with Crippen molar-refractivity contribution in [2.24, 2.45) is 5.73 Å². The molecule has 0 aliphatic heterocycles. The van der Waals surface area contributed by atoms with Crippen molar-refractivity contribution in [1.82, 2.24) is 16.0 Å². The molecule has 6 nitrogen and oxygen atoms in total. The first-order chi connectivity index (χ1) is 7.31. The SMILES string of the molecule is COCCNCCNC(=O)CNCCN. The summed E-state index contributed by atoms with van der Waals surface area (Å²) in [5, 5.41) is 8.82. The number of hydrogen-bond acceptors (Lipinski definition) is 5. The van der Waals surface area contributed by atoms with Gasteiger partial charge in [0, 0.05) is 39.8 Å². The predicted molar refractivity (Wildman–Crippen MR) is 59.7 cm³/mol. The van der Waals surface area contributed by atoms with E-state index in [0.29, 0.717) is 32.8 Å². The van der Waals surface area contributed by atoms with Crippen molar-refractivity contribution in [2.45, 2.75) is 0 Å². The maximum atomic E-state index is 11.1. The first-order valence-electron chi connectivity index (χ1n) is 5.18. The van der Waals surface area contributed by atoms with Crippen LogP contribution in [0.4, 0.5) is 0 Å². The average Bonchev–Trinajstić information content (AvgIpc) is 2.23. The van der Waals surface area contributed by atoms with Crippen LogP contribution in [0.2, 0.25) is 0 Å². The summed E-state index contributed by atoms with van der Waals surface area (Å²) < 4.78 is 4.86. The Labute approximate surface area is 90.9 Å². The maximum absolute atomic E-state index is 11.1. The Morgan fingerprint density at radius 3 is 2.67 bits per heavy atom. The van der Waals surface area contributed by atoms with Gasteiger partial charge in [-0.3, -0.25) is 4.79 Å². The van der Waals surface area contributed by atoms with Gasteiger partial charge in [0.15, 0.2) is 0 Å². The zero-order chi connectivity index (χ0) is 11.4. The number of ether oxygens (including phenoxy) is 1. The molecule has 0 aromatic heterocycles. The molecule has 5 N–H and O–H groups in total. The highest BCUT2D eigenvalue weighted by Crippen LogP contribution is 1.66. The van der Waals surface area contributed by atoms with E-state index in [1.807, 2.05) is 0 Å². The molecule has 0 saturated heterocycles. The molecule has 0 aromatic rings. The van der Waals surface area contributed by atoms with E-state index in [1.54, 1.807) is 7.11 Å². The van der Waals surface area contributed by atoms with Crippen LogP contribution < -0.4 is 21.7 Å². The summed E-state index contributed by atoms with van der Waals surface area (Å²) in [6, 6.07) is 0. The number of nitrogens with two attached hydrogens (primary N) is 1. The summed E-state index contributed by atoms with van der Waals surface area (Å²) in [6.45, 7) is 4.42. The summed E-state index contributed by atoms with van der Waals surface area (Å²) in [5.74, 6) is -0.00279. The van der Waals surface area contributed by atoms with Gasteiger partial charge in [0.1, 0.15) is 0 Å². The molecule has 0 rings (SSSR count). The molecule has 15 heavy (non-hydrogen) atoms. The van der Waals surface area contributed by atoms with E-state index in [1.165, 1.54) is 0 Å². The van der Waals surface area contributed by atoms with E-state index in [0.717, 1.165) is 13.1 Å². The second kappa shape index (κ2) is 11.4. The topological polar surface area (TPSA) is 88.4 Å².